The molecule has 5 nitrogen and oxygen atoms in total. The molecule has 1 aliphatic carbocycles. The molecule has 3 rings (SSSR count). The number of rotatable bonds is 8. The number of aliphatic hydroxyl groups excluding tert-OH is 1. The van der Waals surface area contributed by atoms with Crippen LogP contribution in [0, 0.1) is 17.8 Å². The number of hydrogen-bond donors (Lipinski definition) is 3. The molecule has 3 aliphatic rings. The highest BCUT2D eigenvalue weighted by Gasteiger charge is 2.33. The Morgan fingerprint density at radius 3 is 2.61 bits per heavy atom. The van der Waals surface area contributed by atoms with Crippen LogP contribution in [0.25, 0.3) is 0 Å². The number of hydrogen-bond acceptors (Lipinski definition) is 5. The Morgan fingerprint density at radius 2 is 1.93 bits per heavy atom. The van der Waals surface area contributed by atoms with Gasteiger partial charge in [-0.05, 0) is 50.6 Å². The summed E-state index contributed by atoms with van der Waals surface area (Å²) in [5, 5.41) is 17.8. The minimum Gasteiger partial charge on any atom is -0.392 e. The van der Waals surface area contributed by atoms with Crippen molar-refractivity contribution in [2.75, 3.05) is 26.2 Å². The molecule has 0 aromatic carbocycles. The van der Waals surface area contributed by atoms with Gasteiger partial charge in [0.2, 0.25) is 0 Å². The third kappa shape index (κ3) is 6.85. The molecular weight excluding hydrogens is 348 g/mol. The Hall–Kier alpha value is -1.46. The minimum absolute atomic E-state index is 0.147. The third-order valence-corrected chi connectivity index (χ3v) is 6.23. The lowest BCUT2D eigenvalue weighted by atomic mass is 9.74. The van der Waals surface area contributed by atoms with Gasteiger partial charge in [0.05, 0.1) is 6.10 Å². The number of piperidine rings is 1. The molecule has 0 aromatic heterocycles. The molecular formula is C23H38N4O. The molecule has 5 unspecified atom stereocenters. The normalized spacial score (nSPS) is 33.9. The van der Waals surface area contributed by atoms with Crippen molar-refractivity contribution in [3.63, 3.8) is 0 Å². The summed E-state index contributed by atoms with van der Waals surface area (Å²) in [7, 11) is 0. The smallest absolute Gasteiger partial charge is 0.0695 e. The second kappa shape index (κ2) is 11.5. The summed E-state index contributed by atoms with van der Waals surface area (Å²) in [6.07, 6.45) is 18.0. The van der Waals surface area contributed by atoms with Gasteiger partial charge >= 0.3 is 0 Å². The summed E-state index contributed by atoms with van der Waals surface area (Å²) in [6.45, 7) is 5.98. The summed E-state index contributed by atoms with van der Waals surface area (Å²) >= 11 is 0. The second-order valence-electron chi connectivity index (χ2n) is 8.69. The first-order valence-electron chi connectivity index (χ1n) is 11.2. The number of allylic oxidation sites excluding steroid dienone is 2. The molecule has 156 valence electrons. The molecule has 3 N–H and O–H groups in total. The summed E-state index contributed by atoms with van der Waals surface area (Å²) < 4.78 is 0. The minimum atomic E-state index is -0.355. The molecule has 2 aliphatic heterocycles. The molecule has 2 heterocycles. The zero-order valence-corrected chi connectivity index (χ0v) is 17.4. The number of nitrogens with zero attached hydrogens (tertiary/aromatic N) is 2. The molecule has 0 radical (unpaired) electrons. The summed E-state index contributed by atoms with van der Waals surface area (Å²) in [5.41, 5.74) is 1.25. The van der Waals surface area contributed by atoms with Crippen LogP contribution in [0.4, 0.5) is 0 Å². The fourth-order valence-electron chi connectivity index (χ4n) is 4.60. The largest absolute Gasteiger partial charge is 0.392 e. The van der Waals surface area contributed by atoms with E-state index in [1.807, 2.05) is 12.4 Å². The summed E-state index contributed by atoms with van der Waals surface area (Å²) in [6, 6.07) is 0.630. The Balaban J connectivity index is 1.42. The molecule has 0 aromatic rings. The summed E-state index contributed by atoms with van der Waals surface area (Å²) in [5.74, 6) is 0.907. The highest BCUT2D eigenvalue weighted by Crippen LogP contribution is 2.32. The van der Waals surface area contributed by atoms with Crippen molar-refractivity contribution in [1.82, 2.24) is 10.6 Å². The molecule has 5 heteroatoms. The van der Waals surface area contributed by atoms with Crippen LogP contribution in [0.2, 0.25) is 0 Å². The van der Waals surface area contributed by atoms with E-state index in [4.69, 9.17) is 0 Å². The highest BCUT2D eigenvalue weighted by molar-refractivity contribution is 5.67. The number of aliphatic hydroxyl groups is 1. The van der Waals surface area contributed by atoms with Crippen molar-refractivity contribution in [2.24, 2.45) is 27.7 Å². The van der Waals surface area contributed by atoms with Gasteiger partial charge in [-0.25, -0.2) is 0 Å². The molecule has 0 spiro atoms. The molecule has 0 bridgehead atoms. The van der Waals surface area contributed by atoms with Crippen molar-refractivity contribution >= 4 is 12.4 Å². The van der Waals surface area contributed by atoms with Gasteiger partial charge in [0.25, 0.3) is 0 Å². The molecule has 1 saturated carbocycles. The van der Waals surface area contributed by atoms with Gasteiger partial charge in [0.1, 0.15) is 0 Å². The first-order chi connectivity index (χ1) is 13.7. The predicted molar refractivity (Wildman–Crippen MR) is 118 cm³/mol. The third-order valence-electron chi connectivity index (χ3n) is 6.23. The zero-order valence-electron chi connectivity index (χ0n) is 17.4. The quantitative estimate of drug-likeness (QED) is 0.562. The molecule has 1 saturated heterocycles. The number of nitrogens with one attached hydrogen (secondary N) is 2. The van der Waals surface area contributed by atoms with Gasteiger partial charge in [-0.15, -0.1) is 0 Å². The van der Waals surface area contributed by atoms with Gasteiger partial charge in [-0.3, -0.25) is 9.98 Å². The monoisotopic (exact) mass is 386 g/mol. The van der Waals surface area contributed by atoms with Gasteiger partial charge in [-0.1, -0.05) is 25.5 Å². The maximum absolute atomic E-state index is 10.8. The van der Waals surface area contributed by atoms with Gasteiger partial charge in [-0.2, -0.15) is 0 Å². The lowest BCUT2D eigenvalue weighted by Crippen LogP contribution is -2.38. The number of dihydropyridines is 1. The Morgan fingerprint density at radius 1 is 1.14 bits per heavy atom. The van der Waals surface area contributed by atoms with Crippen LogP contribution in [0.1, 0.15) is 51.9 Å². The first-order valence-corrected chi connectivity index (χ1v) is 11.2. The standard InChI is InChI=1S/C23H38N4O/c1-18-14-19(16-24-12-8-21-6-2-4-10-26-21)23(28)20(15-18)17-25-13-9-22-7-3-5-11-27-22/h2,4,6,16-20,22-23,26-28H,3,5,7-15H2,1H3. The predicted octanol–water partition coefficient (Wildman–Crippen LogP) is 3.12. The lowest BCUT2D eigenvalue weighted by molar-refractivity contribution is 0.0587. The van der Waals surface area contributed by atoms with E-state index < -0.39 is 0 Å². The van der Waals surface area contributed by atoms with E-state index in [0.717, 1.165) is 51.9 Å². The van der Waals surface area contributed by atoms with Crippen LogP contribution in [0.5, 0.6) is 0 Å². The maximum atomic E-state index is 10.8. The van der Waals surface area contributed by atoms with E-state index >= 15 is 0 Å². The van der Waals surface area contributed by atoms with Crippen LogP contribution < -0.4 is 10.6 Å². The highest BCUT2D eigenvalue weighted by atomic mass is 16.3. The second-order valence-corrected chi connectivity index (χ2v) is 8.69. The Kier molecular flexibility index (Phi) is 8.74. The zero-order chi connectivity index (χ0) is 19.6. The average molecular weight is 387 g/mol. The molecule has 5 atom stereocenters. The number of aliphatic imine (C=N–C) groups is 2. The fourth-order valence-corrected chi connectivity index (χ4v) is 4.60. The topological polar surface area (TPSA) is 69.0 Å². The van der Waals surface area contributed by atoms with E-state index in [9.17, 15) is 5.11 Å². The van der Waals surface area contributed by atoms with Crippen molar-refractivity contribution in [3.05, 3.63) is 23.9 Å². The van der Waals surface area contributed by atoms with Crippen LogP contribution in [0.3, 0.4) is 0 Å². The van der Waals surface area contributed by atoms with Crippen molar-refractivity contribution in [2.45, 2.75) is 64.0 Å². The van der Waals surface area contributed by atoms with E-state index in [1.165, 1.54) is 25.0 Å². The van der Waals surface area contributed by atoms with Crippen LogP contribution in [-0.2, 0) is 0 Å². The Bertz CT molecular complexity index is 577. The maximum Gasteiger partial charge on any atom is 0.0695 e. The Labute approximate surface area is 170 Å². The summed E-state index contributed by atoms with van der Waals surface area (Å²) in [4.78, 5) is 9.30. The molecule has 2 fully saturated rings. The lowest BCUT2D eigenvalue weighted by Gasteiger charge is -2.34. The van der Waals surface area contributed by atoms with Crippen LogP contribution in [0.15, 0.2) is 33.9 Å². The van der Waals surface area contributed by atoms with Gasteiger partial charge in [0, 0.05) is 62.1 Å². The van der Waals surface area contributed by atoms with E-state index in [1.54, 1.807) is 0 Å². The first kappa shape index (κ1) is 21.3. The van der Waals surface area contributed by atoms with Crippen molar-refractivity contribution in [3.8, 4) is 0 Å². The van der Waals surface area contributed by atoms with E-state index in [-0.39, 0.29) is 17.9 Å². The average Bonchev–Trinajstić information content (AvgIpc) is 2.73. The molecule has 28 heavy (non-hydrogen) atoms. The van der Waals surface area contributed by atoms with Crippen LogP contribution >= 0.6 is 0 Å². The van der Waals surface area contributed by atoms with Crippen LogP contribution in [-0.4, -0.2) is 55.9 Å². The van der Waals surface area contributed by atoms with Crippen molar-refractivity contribution in [1.29, 1.82) is 0 Å². The van der Waals surface area contributed by atoms with E-state index in [2.05, 4.69) is 45.8 Å². The SMILES string of the molecule is CC1CC(C=NCCC2=CC=CCN2)C(O)C(C=NCCC2CCCCN2)C1. The van der Waals surface area contributed by atoms with Gasteiger partial charge < -0.3 is 15.7 Å². The van der Waals surface area contributed by atoms with Gasteiger partial charge in [0.15, 0.2) is 0 Å². The molecule has 0 amide bonds. The fraction of sp³-hybridized carbons (Fsp3) is 0.739. The van der Waals surface area contributed by atoms with E-state index in [0.29, 0.717) is 12.0 Å². The van der Waals surface area contributed by atoms with Crippen molar-refractivity contribution < 1.29 is 5.11 Å².